The van der Waals surface area contributed by atoms with Gasteiger partial charge in [0, 0.05) is 13.5 Å². The lowest BCUT2D eigenvalue weighted by atomic mass is 10.1. The highest BCUT2D eigenvalue weighted by molar-refractivity contribution is 5.14. The van der Waals surface area contributed by atoms with Crippen molar-refractivity contribution in [2.24, 2.45) is 0 Å². The van der Waals surface area contributed by atoms with Gasteiger partial charge in [0.15, 0.2) is 12.2 Å². The van der Waals surface area contributed by atoms with E-state index in [1.165, 1.54) is 6.39 Å². The molecule has 4 heteroatoms. The highest BCUT2D eigenvalue weighted by Gasteiger charge is 2.18. The summed E-state index contributed by atoms with van der Waals surface area (Å²) in [5, 5.41) is 0. The van der Waals surface area contributed by atoms with Gasteiger partial charge in [-0.2, -0.15) is 0 Å². The van der Waals surface area contributed by atoms with E-state index >= 15 is 0 Å². The van der Waals surface area contributed by atoms with Crippen molar-refractivity contribution in [3.8, 4) is 0 Å². The average Bonchev–Trinajstić information content (AvgIpc) is 2.85. The van der Waals surface area contributed by atoms with Crippen LogP contribution in [-0.4, -0.2) is 12.1 Å². The fourth-order valence-corrected chi connectivity index (χ4v) is 1.53. The molecule has 0 saturated heterocycles. The molecular weight excluding hydrogens is 194 g/mol. The summed E-state index contributed by atoms with van der Waals surface area (Å²) in [6.45, 7) is 1.90. The highest BCUT2D eigenvalue weighted by Crippen LogP contribution is 2.24. The second-order valence-corrected chi connectivity index (χ2v) is 3.36. The minimum atomic E-state index is -0.106. The standard InChI is InChI=1S/C11H13NO3/c1-8-11(15-7-12-8)10(13-2)5-9-3-4-14-6-9/h3-4,6-7,10H,5H2,1-2H3. The SMILES string of the molecule is COC(Cc1ccoc1)c1ocnc1C. The quantitative estimate of drug-likeness (QED) is 0.772. The highest BCUT2D eigenvalue weighted by atomic mass is 16.5. The minimum Gasteiger partial charge on any atom is -0.472 e. The molecule has 0 aliphatic rings. The maximum Gasteiger partial charge on any atom is 0.181 e. The van der Waals surface area contributed by atoms with Crippen LogP contribution in [-0.2, 0) is 11.2 Å². The summed E-state index contributed by atoms with van der Waals surface area (Å²) < 4.78 is 15.7. The van der Waals surface area contributed by atoms with Gasteiger partial charge >= 0.3 is 0 Å². The Morgan fingerprint density at radius 2 is 2.40 bits per heavy atom. The van der Waals surface area contributed by atoms with Gasteiger partial charge in [-0.3, -0.25) is 0 Å². The van der Waals surface area contributed by atoms with Crippen LogP contribution in [0.4, 0.5) is 0 Å². The molecule has 0 amide bonds. The third-order valence-corrected chi connectivity index (χ3v) is 2.36. The number of aryl methyl sites for hydroxylation is 1. The second-order valence-electron chi connectivity index (χ2n) is 3.36. The molecule has 0 bridgehead atoms. The third-order valence-electron chi connectivity index (χ3n) is 2.36. The van der Waals surface area contributed by atoms with Crippen LogP contribution in [0.25, 0.3) is 0 Å². The van der Waals surface area contributed by atoms with Gasteiger partial charge in [-0.05, 0) is 18.6 Å². The van der Waals surface area contributed by atoms with E-state index in [2.05, 4.69) is 4.98 Å². The van der Waals surface area contributed by atoms with Crippen LogP contribution in [0, 0.1) is 6.92 Å². The fourth-order valence-electron chi connectivity index (χ4n) is 1.53. The molecule has 0 radical (unpaired) electrons. The molecule has 1 unspecified atom stereocenters. The fraction of sp³-hybridized carbons (Fsp3) is 0.364. The van der Waals surface area contributed by atoms with Crippen molar-refractivity contribution in [1.82, 2.24) is 4.98 Å². The number of ether oxygens (including phenoxy) is 1. The lowest BCUT2D eigenvalue weighted by Gasteiger charge is -2.11. The van der Waals surface area contributed by atoms with Crippen LogP contribution in [0.1, 0.15) is 23.1 Å². The topological polar surface area (TPSA) is 48.4 Å². The van der Waals surface area contributed by atoms with Crippen LogP contribution in [0.15, 0.2) is 33.8 Å². The van der Waals surface area contributed by atoms with Crippen molar-refractivity contribution in [2.45, 2.75) is 19.4 Å². The summed E-state index contributed by atoms with van der Waals surface area (Å²) in [5.41, 5.74) is 1.95. The van der Waals surface area contributed by atoms with Crippen molar-refractivity contribution in [3.05, 3.63) is 42.0 Å². The van der Waals surface area contributed by atoms with Gasteiger partial charge in [0.05, 0.1) is 18.2 Å². The van der Waals surface area contributed by atoms with Crippen LogP contribution < -0.4 is 0 Å². The lowest BCUT2D eigenvalue weighted by molar-refractivity contribution is 0.0834. The first-order valence-corrected chi connectivity index (χ1v) is 4.75. The van der Waals surface area contributed by atoms with Crippen LogP contribution in [0.2, 0.25) is 0 Å². The molecule has 0 aromatic carbocycles. The maximum absolute atomic E-state index is 5.37. The zero-order valence-corrected chi connectivity index (χ0v) is 8.77. The molecule has 0 saturated carbocycles. The van der Waals surface area contributed by atoms with Crippen molar-refractivity contribution in [2.75, 3.05) is 7.11 Å². The largest absolute Gasteiger partial charge is 0.472 e. The predicted octanol–water partition coefficient (Wildman–Crippen LogP) is 2.51. The molecule has 0 aliphatic carbocycles. The molecule has 0 fully saturated rings. The number of aromatic nitrogens is 1. The summed E-state index contributed by atoms with van der Waals surface area (Å²) in [7, 11) is 1.66. The zero-order chi connectivity index (χ0) is 10.7. The number of hydrogen-bond donors (Lipinski definition) is 0. The predicted molar refractivity (Wildman–Crippen MR) is 53.4 cm³/mol. The van der Waals surface area contributed by atoms with Gasteiger partial charge in [0.1, 0.15) is 6.10 Å². The van der Waals surface area contributed by atoms with E-state index in [9.17, 15) is 0 Å². The number of rotatable bonds is 4. The molecule has 1 atom stereocenters. The van der Waals surface area contributed by atoms with Crippen LogP contribution >= 0.6 is 0 Å². The number of hydrogen-bond acceptors (Lipinski definition) is 4. The number of methoxy groups -OCH3 is 1. The Labute approximate surface area is 87.9 Å². The van der Waals surface area contributed by atoms with Gasteiger partial charge in [-0.25, -0.2) is 4.98 Å². The van der Waals surface area contributed by atoms with Gasteiger partial charge < -0.3 is 13.6 Å². The van der Waals surface area contributed by atoms with E-state index in [1.807, 2.05) is 13.0 Å². The first kappa shape index (κ1) is 9.98. The van der Waals surface area contributed by atoms with E-state index in [1.54, 1.807) is 19.6 Å². The van der Waals surface area contributed by atoms with E-state index in [-0.39, 0.29) is 6.10 Å². The van der Waals surface area contributed by atoms with E-state index in [4.69, 9.17) is 13.6 Å². The Morgan fingerprint density at radius 3 is 2.93 bits per heavy atom. The Hall–Kier alpha value is -1.55. The number of nitrogens with zero attached hydrogens (tertiary/aromatic N) is 1. The molecule has 2 rings (SSSR count). The molecule has 80 valence electrons. The second kappa shape index (κ2) is 4.31. The third kappa shape index (κ3) is 2.10. The van der Waals surface area contributed by atoms with Crippen molar-refractivity contribution >= 4 is 0 Å². The van der Waals surface area contributed by atoms with E-state index in [0.717, 1.165) is 23.4 Å². The minimum absolute atomic E-state index is 0.106. The first-order chi connectivity index (χ1) is 7.31. The number of oxazole rings is 1. The van der Waals surface area contributed by atoms with E-state index in [0.29, 0.717) is 0 Å². The summed E-state index contributed by atoms with van der Waals surface area (Å²) >= 11 is 0. The molecule has 2 heterocycles. The van der Waals surface area contributed by atoms with Gasteiger partial charge in [-0.15, -0.1) is 0 Å². The Bertz CT molecular complexity index is 405. The molecule has 15 heavy (non-hydrogen) atoms. The molecule has 2 aromatic heterocycles. The summed E-state index contributed by atoms with van der Waals surface area (Å²) in [4.78, 5) is 4.04. The Kier molecular flexibility index (Phi) is 2.87. The Morgan fingerprint density at radius 1 is 1.53 bits per heavy atom. The molecule has 4 nitrogen and oxygen atoms in total. The smallest absolute Gasteiger partial charge is 0.181 e. The lowest BCUT2D eigenvalue weighted by Crippen LogP contribution is -2.05. The molecule has 0 aliphatic heterocycles. The van der Waals surface area contributed by atoms with Crippen LogP contribution in [0.3, 0.4) is 0 Å². The summed E-state index contributed by atoms with van der Waals surface area (Å²) in [5.74, 6) is 0.777. The first-order valence-electron chi connectivity index (χ1n) is 4.75. The van der Waals surface area contributed by atoms with Gasteiger partial charge in [-0.1, -0.05) is 0 Å². The normalized spacial score (nSPS) is 12.9. The average molecular weight is 207 g/mol. The van der Waals surface area contributed by atoms with Crippen molar-refractivity contribution < 1.29 is 13.6 Å². The molecule has 0 spiro atoms. The molecule has 2 aromatic rings. The number of furan rings is 1. The summed E-state index contributed by atoms with van der Waals surface area (Å²) in [6, 6.07) is 1.91. The van der Waals surface area contributed by atoms with Crippen LogP contribution in [0.5, 0.6) is 0 Å². The molecule has 0 N–H and O–H groups in total. The van der Waals surface area contributed by atoms with E-state index < -0.39 is 0 Å². The summed E-state index contributed by atoms with van der Waals surface area (Å²) in [6.07, 6.45) is 5.41. The van der Waals surface area contributed by atoms with Gasteiger partial charge in [0.2, 0.25) is 0 Å². The van der Waals surface area contributed by atoms with Crippen molar-refractivity contribution in [3.63, 3.8) is 0 Å². The maximum atomic E-state index is 5.37. The van der Waals surface area contributed by atoms with Gasteiger partial charge in [0.25, 0.3) is 0 Å². The zero-order valence-electron chi connectivity index (χ0n) is 8.77. The Balaban J connectivity index is 2.15. The monoisotopic (exact) mass is 207 g/mol. The molecular formula is C11H13NO3. The van der Waals surface area contributed by atoms with Crippen molar-refractivity contribution in [1.29, 1.82) is 0 Å².